The van der Waals surface area contributed by atoms with Crippen LogP contribution in [-0.4, -0.2) is 0 Å². The minimum Gasteiger partial charge on any atom is -0.439 e. The summed E-state index contributed by atoms with van der Waals surface area (Å²) in [6.45, 7) is 1.95. The van der Waals surface area contributed by atoms with Crippen LogP contribution in [0.5, 0.6) is 5.75 Å². The van der Waals surface area contributed by atoms with Crippen LogP contribution in [0, 0.1) is 18.3 Å². The van der Waals surface area contributed by atoms with E-state index in [1.54, 1.807) is 18.2 Å². The summed E-state index contributed by atoms with van der Waals surface area (Å²) in [5.74, 6) is -0.248. The van der Waals surface area contributed by atoms with Crippen LogP contribution in [-0.2, 0) is 0 Å². The number of hydrogen-bond donors (Lipinski definition) is 1. The Labute approximate surface area is 143 Å². The minimum atomic E-state index is -0.616. The first-order valence-corrected chi connectivity index (χ1v) is 7.80. The highest BCUT2D eigenvalue weighted by molar-refractivity contribution is 5.86. The van der Waals surface area contributed by atoms with Crippen molar-refractivity contribution in [3.05, 3.63) is 87.1 Å². The van der Waals surface area contributed by atoms with E-state index in [1.807, 2.05) is 37.3 Å². The lowest BCUT2D eigenvalue weighted by Gasteiger charge is -2.26. The molecule has 1 aromatic heterocycles. The molecule has 5 nitrogen and oxygen atoms in total. The zero-order valence-corrected chi connectivity index (χ0v) is 13.4. The third-order valence-electron chi connectivity index (χ3n) is 4.35. The van der Waals surface area contributed by atoms with Crippen LogP contribution in [0.4, 0.5) is 0 Å². The first-order valence-electron chi connectivity index (χ1n) is 7.80. The summed E-state index contributed by atoms with van der Waals surface area (Å²) in [4.78, 5) is 12.7. The van der Waals surface area contributed by atoms with E-state index < -0.39 is 11.5 Å². The van der Waals surface area contributed by atoms with Gasteiger partial charge in [0.2, 0.25) is 5.88 Å². The molecule has 0 fully saturated rings. The molecular formula is C20H14N2O3. The fourth-order valence-corrected chi connectivity index (χ4v) is 3.25. The predicted molar refractivity (Wildman–Crippen MR) is 93.0 cm³/mol. The molecule has 4 rings (SSSR count). The van der Waals surface area contributed by atoms with Crippen molar-refractivity contribution in [3.63, 3.8) is 0 Å². The molecule has 2 N–H and O–H groups in total. The molecule has 5 heteroatoms. The van der Waals surface area contributed by atoms with E-state index in [9.17, 15) is 10.1 Å². The molecule has 122 valence electrons. The van der Waals surface area contributed by atoms with Crippen molar-refractivity contribution < 1.29 is 9.15 Å². The maximum atomic E-state index is 12.7. The maximum Gasteiger partial charge on any atom is 0.344 e. The van der Waals surface area contributed by atoms with Gasteiger partial charge in [-0.25, -0.2) is 4.79 Å². The summed E-state index contributed by atoms with van der Waals surface area (Å²) in [5, 5.41) is 10.2. The molecule has 2 aromatic carbocycles. The van der Waals surface area contributed by atoms with Crippen molar-refractivity contribution in [2.24, 2.45) is 5.73 Å². The average molecular weight is 330 g/mol. The fraction of sp³-hybridized carbons (Fsp3) is 0.100. The Balaban J connectivity index is 2.10. The summed E-state index contributed by atoms with van der Waals surface area (Å²) in [6, 6.07) is 16.8. The molecule has 0 saturated heterocycles. The summed E-state index contributed by atoms with van der Waals surface area (Å²) in [6.07, 6.45) is 0. The number of allylic oxidation sites excluding steroid dienone is 1. The van der Waals surface area contributed by atoms with Crippen molar-refractivity contribution in [3.8, 4) is 11.8 Å². The van der Waals surface area contributed by atoms with E-state index in [1.165, 1.54) is 0 Å². The molecule has 2 heterocycles. The number of nitriles is 1. The summed E-state index contributed by atoms with van der Waals surface area (Å²) >= 11 is 0. The quantitative estimate of drug-likeness (QED) is 0.691. The highest BCUT2D eigenvalue weighted by atomic mass is 16.5. The minimum absolute atomic E-state index is 0.0114. The lowest BCUT2D eigenvalue weighted by molar-refractivity contribution is 0.388. The number of para-hydroxylation sites is 1. The van der Waals surface area contributed by atoms with Gasteiger partial charge in [-0.1, -0.05) is 42.0 Å². The van der Waals surface area contributed by atoms with E-state index in [4.69, 9.17) is 14.9 Å². The highest BCUT2D eigenvalue weighted by Gasteiger charge is 2.35. The Morgan fingerprint density at radius 2 is 1.96 bits per heavy atom. The van der Waals surface area contributed by atoms with Gasteiger partial charge in [-0.3, -0.25) is 0 Å². The number of hydrogen-bond acceptors (Lipinski definition) is 5. The zero-order chi connectivity index (χ0) is 17.6. The average Bonchev–Trinajstić information content (AvgIpc) is 2.60. The van der Waals surface area contributed by atoms with Crippen molar-refractivity contribution in [2.75, 3.05) is 0 Å². The van der Waals surface area contributed by atoms with Crippen LogP contribution in [0.3, 0.4) is 0 Å². The standard InChI is InChI=1S/C20H14N2O3/c1-11-5-4-6-12(9-11)16-14(10-21)19(22)25-18-13-7-2-3-8-15(13)24-20(23)17(16)18/h2-9,16H,22H2,1H3/t16-/m1/s1. The molecule has 1 aliphatic rings. The van der Waals surface area contributed by atoms with Crippen LogP contribution in [0.1, 0.15) is 22.6 Å². The molecule has 0 radical (unpaired) electrons. The second-order valence-corrected chi connectivity index (χ2v) is 5.97. The largest absolute Gasteiger partial charge is 0.439 e. The molecule has 25 heavy (non-hydrogen) atoms. The Morgan fingerprint density at radius 1 is 1.16 bits per heavy atom. The third kappa shape index (κ3) is 2.27. The number of fused-ring (bicyclic) bond motifs is 3. The normalized spacial score (nSPS) is 16.2. The second-order valence-electron chi connectivity index (χ2n) is 5.97. The number of rotatable bonds is 1. The van der Waals surface area contributed by atoms with Crippen LogP contribution in [0.2, 0.25) is 0 Å². The van der Waals surface area contributed by atoms with Crippen molar-refractivity contribution >= 4 is 11.0 Å². The van der Waals surface area contributed by atoms with Gasteiger partial charge in [-0.05, 0) is 24.6 Å². The van der Waals surface area contributed by atoms with Gasteiger partial charge in [0, 0.05) is 0 Å². The van der Waals surface area contributed by atoms with Crippen molar-refractivity contribution in [1.82, 2.24) is 0 Å². The molecule has 0 spiro atoms. The molecule has 0 saturated carbocycles. The summed E-state index contributed by atoms with van der Waals surface area (Å²) < 4.78 is 11.1. The van der Waals surface area contributed by atoms with Gasteiger partial charge in [-0.2, -0.15) is 5.26 Å². The molecule has 0 bridgehead atoms. The zero-order valence-electron chi connectivity index (χ0n) is 13.4. The number of aryl methyl sites for hydroxylation is 1. The van der Waals surface area contributed by atoms with Gasteiger partial charge < -0.3 is 14.9 Å². The van der Waals surface area contributed by atoms with E-state index in [0.717, 1.165) is 11.1 Å². The molecule has 1 aliphatic heterocycles. The summed E-state index contributed by atoms with van der Waals surface area (Å²) in [7, 11) is 0. The number of nitrogens with two attached hydrogens (primary N) is 1. The monoisotopic (exact) mass is 330 g/mol. The van der Waals surface area contributed by atoms with E-state index in [2.05, 4.69) is 6.07 Å². The van der Waals surface area contributed by atoms with E-state index in [0.29, 0.717) is 22.3 Å². The van der Waals surface area contributed by atoms with Gasteiger partial charge in [0.1, 0.15) is 17.2 Å². The Bertz CT molecular complexity index is 1140. The Kier molecular flexibility index (Phi) is 3.33. The van der Waals surface area contributed by atoms with Crippen molar-refractivity contribution in [2.45, 2.75) is 12.8 Å². The molecule has 0 amide bonds. The van der Waals surface area contributed by atoms with Crippen LogP contribution < -0.4 is 16.1 Å². The molecular weight excluding hydrogens is 316 g/mol. The SMILES string of the molecule is Cc1cccc([C@@H]2C(C#N)=C(N)Oc3c2c(=O)oc2ccccc32)c1. The number of nitrogens with zero attached hydrogens (tertiary/aromatic N) is 1. The molecule has 3 aromatic rings. The Hall–Kier alpha value is -3.52. The van der Waals surface area contributed by atoms with E-state index >= 15 is 0 Å². The first-order chi connectivity index (χ1) is 12.1. The van der Waals surface area contributed by atoms with Gasteiger partial charge in [0.15, 0.2) is 5.75 Å². The lowest BCUT2D eigenvalue weighted by atomic mass is 9.83. The lowest BCUT2D eigenvalue weighted by Crippen LogP contribution is -2.26. The summed E-state index contributed by atoms with van der Waals surface area (Å²) in [5.41, 5.74) is 8.23. The van der Waals surface area contributed by atoms with Crippen LogP contribution in [0.25, 0.3) is 11.0 Å². The molecule has 1 atom stereocenters. The van der Waals surface area contributed by atoms with Gasteiger partial charge in [-0.15, -0.1) is 0 Å². The fourth-order valence-electron chi connectivity index (χ4n) is 3.25. The highest BCUT2D eigenvalue weighted by Crippen LogP contribution is 2.43. The third-order valence-corrected chi connectivity index (χ3v) is 4.35. The van der Waals surface area contributed by atoms with Crippen LogP contribution >= 0.6 is 0 Å². The first kappa shape index (κ1) is 15.0. The van der Waals surface area contributed by atoms with Crippen LogP contribution in [0.15, 0.2) is 69.2 Å². The van der Waals surface area contributed by atoms with Gasteiger partial charge in [0.05, 0.1) is 16.9 Å². The predicted octanol–water partition coefficient (Wildman–Crippen LogP) is 3.32. The molecule has 0 unspecified atom stereocenters. The smallest absolute Gasteiger partial charge is 0.344 e. The second kappa shape index (κ2) is 5.53. The van der Waals surface area contributed by atoms with Crippen molar-refractivity contribution in [1.29, 1.82) is 5.26 Å². The number of ether oxygens (including phenoxy) is 1. The van der Waals surface area contributed by atoms with E-state index in [-0.39, 0.29) is 11.5 Å². The Morgan fingerprint density at radius 3 is 2.72 bits per heavy atom. The maximum absolute atomic E-state index is 12.7. The molecule has 0 aliphatic carbocycles. The van der Waals surface area contributed by atoms with Gasteiger partial charge >= 0.3 is 5.63 Å². The number of benzene rings is 2. The van der Waals surface area contributed by atoms with Gasteiger partial charge in [0.25, 0.3) is 0 Å². The topological polar surface area (TPSA) is 89.3 Å².